The van der Waals surface area contributed by atoms with Crippen LogP contribution in [0.4, 0.5) is 0 Å². The first-order valence-corrected chi connectivity index (χ1v) is 11.0. The maximum absolute atomic E-state index is 13.5. The average molecular weight is 350 g/mol. The van der Waals surface area contributed by atoms with Crippen LogP contribution in [-0.4, -0.2) is 24.8 Å². The number of fused-ring (bicyclic) bond motifs is 1. The van der Waals surface area contributed by atoms with Gasteiger partial charge < -0.3 is 0 Å². The van der Waals surface area contributed by atoms with E-state index in [-0.39, 0.29) is 12.1 Å². The third-order valence-corrected chi connectivity index (χ3v) is 8.11. The minimum absolute atomic E-state index is 0.174. The maximum Gasteiger partial charge on any atom is 0.243 e. The Morgan fingerprint density at radius 2 is 1.79 bits per heavy atom. The lowest BCUT2D eigenvalue weighted by molar-refractivity contribution is 0.0482. The van der Waals surface area contributed by atoms with Gasteiger partial charge in [0.05, 0.1) is 4.90 Å². The third-order valence-electron chi connectivity index (χ3n) is 6.12. The van der Waals surface area contributed by atoms with Gasteiger partial charge >= 0.3 is 0 Å². The van der Waals surface area contributed by atoms with Crippen LogP contribution in [0, 0.1) is 18.8 Å². The number of benzene rings is 1. The molecular formula is C20H31NO2S. The van der Waals surface area contributed by atoms with Crippen molar-refractivity contribution in [2.45, 2.75) is 82.7 Å². The van der Waals surface area contributed by atoms with Crippen molar-refractivity contribution in [2.75, 3.05) is 0 Å². The summed E-state index contributed by atoms with van der Waals surface area (Å²) >= 11 is 0. The second-order valence-corrected chi connectivity index (χ2v) is 9.65. The maximum atomic E-state index is 13.5. The van der Waals surface area contributed by atoms with E-state index in [4.69, 9.17) is 0 Å². The summed E-state index contributed by atoms with van der Waals surface area (Å²) in [5.74, 6) is 1.18. The largest absolute Gasteiger partial charge is 0.243 e. The van der Waals surface area contributed by atoms with Crippen LogP contribution in [0.15, 0.2) is 29.2 Å². The van der Waals surface area contributed by atoms with Crippen LogP contribution in [0.25, 0.3) is 0 Å². The fraction of sp³-hybridized carbons (Fsp3) is 0.700. The number of sulfonamides is 1. The molecule has 1 aromatic carbocycles. The van der Waals surface area contributed by atoms with Crippen LogP contribution in [0.5, 0.6) is 0 Å². The van der Waals surface area contributed by atoms with Gasteiger partial charge in [-0.3, -0.25) is 0 Å². The third kappa shape index (κ3) is 3.28. The van der Waals surface area contributed by atoms with Gasteiger partial charge in [-0.15, -0.1) is 0 Å². The standard InChI is InChI=1S/C20H31NO2S/c1-4-6-17-11-14-19-16(3)7-5-8-20(19)21(17)24(22,23)18-12-9-15(2)10-13-18/h9-10,12-13,16-17,19-20H,4-8,11,14H2,1-3H3/t16-,17+,19+,20-/m1/s1. The number of hydrogen-bond acceptors (Lipinski definition) is 2. The lowest BCUT2D eigenvalue weighted by Crippen LogP contribution is -2.56. The minimum atomic E-state index is -3.41. The highest BCUT2D eigenvalue weighted by atomic mass is 32.2. The molecule has 1 aromatic rings. The van der Waals surface area contributed by atoms with E-state index in [0.717, 1.165) is 37.7 Å². The molecule has 0 amide bonds. The average Bonchev–Trinajstić information content (AvgIpc) is 2.55. The molecule has 0 aromatic heterocycles. The highest BCUT2D eigenvalue weighted by Crippen LogP contribution is 2.44. The van der Waals surface area contributed by atoms with Gasteiger partial charge in [0.1, 0.15) is 0 Å². The molecule has 1 aliphatic carbocycles. The van der Waals surface area contributed by atoms with E-state index >= 15 is 0 Å². The normalized spacial score (nSPS) is 31.6. The molecule has 0 unspecified atom stereocenters. The van der Waals surface area contributed by atoms with Crippen molar-refractivity contribution in [1.29, 1.82) is 0 Å². The van der Waals surface area contributed by atoms with E-state index in [1.54, 1.807) is 12.1 Å². The molecule has 4 heteroatoms. The van der Waals surface area contributed by atoms with Gasteiger partial charge in [-0.2, -0.15) is 4.31 Å². The zero-order valence-corrected chi connectivity index (χ0v) is 16.1. The highest BCUT2D eigenvalue weighted by Gasteiger charge is 2.46. The first-order valence-electron chi connectivity index (χ1n) is 9.55. The Bertz CT molecular complexity index is 653. The van der Waals surface area contributed by atoms with E-state index in [1.807, 2.05) is 23.4 Å². The monoisotopic (exact) mass is 349 g/mol. The van der Waals surface area contributed by atoms with E-state index in [2.05, 4.69) is 13.8 Å². The lowest BCUT2D eigenvalue weighted by Gasteiger charge is -2.49. The topological polar surface area (TPSA) is 37.4 Å². The summed E-state index contributed by atoms with van der Waals surface area (Å²) in [6, 6.07) is 7.75. The van der Waals surface area contributed by atoms with Gasteiger partial charge in [0.25, 0.3) is 0 Å². The van der Waals surface area contributed by atoms with Crippen LogP contribution in [-0.2, 0) is 10.0 Å². The second kappa shape index (κ2) is 7.17. The van der Waals surface area contributed by atoms with Gasteiger partial charge in [-0.05, 0) is 56.6 Å². The Hall–Kier alpha value is -0.870. The Morgan fingerprint density at radius 1 is 1.08 bits per heavy atom. The van der Waals surface area contributed by atoms with Gasteiger partial charge in [0.2, 0.25) is 10.0 Å². The van der Waals surface area contributed by atoms with E-state index < -0.39 is 10.0 Å². The zero-order valence-electron chi connectivity index (χ0n) is 15.2. The number of nitrogens with zero attached hydrogens (tertiary/aromatic N) is 1. The number of hydrogen-bond donors (Lipinski definition) is 0. The SMILES string of the molecule is CCC[C@H]1CC[C@H]2[C@H](C)CCC[C@H]2N1S(=O)(=O)c1ccc(C)cc1. The molecule has 0 radical (unpaired) electrons. The Labute approximate surface area is 147 Å². The smallest absolute Gasteiger partial charge is 0.207 e. The Kier molecular flexibility index (Phi) is 5.36. The first kappa shape index (κ1) is 17.9. The van der Waals surface area contributed by atoms with Crippen molar-refractivity contribution in [1.82, 2.24) is 4.31 Å². The molecule has 0 bridgehead atoms. The van der Waals surface area contributed by atoms with Crippen LogP contribution in [0.3, 0.4) is 0 Å². The summed E-state index contributed by atoms with van der Waals surface area (Å²) in [5, 5.41) is 0. The van der Waals surface area contributed by atoms with Crippen LogP contribution in [0.2, 0.25) is 0 Å². The van der Waals surface area contributed by atoms with Gasteiger partial charge in [0.15, 0.2) is 0 Å². The van der Waals surface area contributed by atoms with Gasteiger partial charge in [-0.1, -0.05) is 50.8 Å². The fourth-order valence-corrected chi connectivity index (χ4v) is 6.79. The van der Waals surface area contributed by atoms with Crippen molar-refractivity contribution in [3.63, 3.8) is 0 Å². The molecule has 2 fully saturated rings. The summed E-state index contributed by atoms with van der Waals surface area (Å²) in [6.07, 6.45) is 7.65. The summed E-state index contributed by atoms with van der Waals surface area (Å²) < 4.78 is 28.9. The van der Waals surface area contributed by atoms with Gasteiger partial charge in [-0.25, -0.2) is 8.42 Å². The molecular weight excluding hydrogens is 318 g/mol. The van der Waals surface area contributed by atoms with Gasteiger partial charge in [0, 0.05) is 12.1 Å². The molecule has 0 N–H and O–H groups in total. The molecule has 0 spiro atoms. The zero-order chi connectivity index (χ0) is 17.3. The predicted octanol–water partition coefficient (Wildman–Crippen LogP) is 4.75. The number of rotatable bonds is 4. The van der Waals surface area contributed by atoms with E-state index in [0.29, 0.717) is 16.7 Å². The Balaban J connectivity index is 1.99. The first-order chi connectivity index (χ1) is 11.4. The van der Waals surface area contributed by atoms with Crippen molar-refractivity contribution in [3.05, 3.63) is 29.8 Å². The Morgan fingerprint density at radius 3 is 2.46 bits per heavy atom. The number of piperidine rings is 1. The quantitative estimate of drug-likeness (QED) is 0.786. The summed E-state index contributed by atoms with van der Waals surface area (Å²) in [4.78, 5) is 0.466. The molecule has 3 rings (SSSR count). The van der Waals surface area contributed by atoms with Crippen LogP contribution < -0.4 is 0 Å². The number of aryl methyl sites for hydroxylation is 1. The van der Waals surface area contributed by atoms with Crippen LogP contribution in [0.1, 0.15) is 64.4 Å². The summed E-state index contributed by atoms with van der Waals surface area (Å²) in [7, 11) is -3.41. The second-order valence-electron chi connectivity index (χ2n) is 7.81. The van der Waals surface area contributed by atoms with Crippen LogP contribution >= 0.6 is 0 Å². The minimum Gasteiger partial charge on any atom is -0.207 e. The fourth-order valence-electron chi connectivity index (χ4n) is 4.84. The molecule has 1 aliphatic heterocycles. The van der Waals surface area contributed by atoms with E-state index in [9.17, 15) is 8.42 Å². The molecule has 2 aliphatic rings. The van der Waals surface area contributed by atoms with Crippen molar-refractivity contribution in [2.24, 2.45) is 11.8 Å². The highest BCUT2D eigenvalue weighted by molar-refractivity contribution is 7.89. The molecule has 3 nitrogen and oxygen atoms in total. The van der Waals surface area contributed by atoms with E-state index in [1.165, 1.54) is 12.8 Å². The van der Waals surface area contributed by atoms with Crippen molar-refractivity contribution < 1.29 is 8.42 Å². The van der Waals surface area contributed by atoms with Crippen molar-refractivity contribution in [3.8, 4) is 0 Å². The van der Waals surface area contributed by atoms with Crippen molar-refractivity contribution >= 4 is 10.0 Å². The summed E-state index contributed by atoms with van der Waals surface area (Å²) in [5.41, 5.74) is 1.10. The molecule has 134 valence electrons. The lowest BCUT2D eigenvalue weighted by atomic mass is 9.71. The molecule has 1 saturated carbocycles. The molecule has 1 heterocycles. The summed E-state index contributed by atoms with van der Waals surface area (Å²) in [6.45, 7) is 6.47. The molecule has 4 atom stereocenters. The predicted molar refractivity (Wildman–Crippen MR) is 98.4 cm³/mol. The molecule has 24 heavy (non-hydrogen) atoms. The molecule has 1 saturated heterocycles.